The Bertz CT molecular complexity index is 176. The number of nitrogens with zero attached hydrogens (tertiary/aromatic N) is 1. The molecular weight excluding hydrogens is 229 g/mol. The minimum absolute atomic E-state index is 0.790. The third-order valence-electron chi connectivity index (χ3n) is 0.969. The number of rotatable bonds is 1. The topological polar surface area (TPSA) is 23.5 Å². The van der Waals surface area contributed by atoms with Crippen molar-refractivity contribution in [2.24, 2.45) is 0 Å². The summed E-state index contributed by atoms with van der Waals surface area (Å²) in [6.07, 6.45) is 0. The van der Waals surface area contributed by atoms with Gasteiger partial charge in [0.05, 0.1) is 28.6 Å². The molecule has 0 bridgehead atoms. The Morgan fingerprint density at radius 1 is 1.22 bits per heavy atom. The van der Waals surface area contributed by atoms with Crippen LogP contribution in [0.2, 0.25) is 0 Å². The van der Waals surface area contributed by atoms with Crippen LogP contribution in [0, 0.1) is 0 Å². The van der Waals surface area contributed by atoms with Crippen LogP contribution in [-0.4, -0.2) is 5.21 Å². The lowest BCUT2D eigenvalue weighted by molar-refractivity contribution is 0.346. The monoisotopic (exact) mass is 235 g/mol. The first-order valence-electron chi connectivity index (χ1n) is 2.50. The number of para-hydroxylation sites is 1. The van der Waals surface area contributed by atoms with Gasteiger partial charge in [-0.25, -0.2) is 0 Å². The molecule has 0 unspecified atom stereocenters. The summed E-state index contributed by atoms with van der Waals surface area (Å²) in [5.41, 5.74) is 0.790. The molecule has 0 atom stereocenters. The molecule has 0 amide bonds. The molecule has 0 aliphatic heterocycles. The first-order valence-corrected chi connectivity index (χ1v) is 3.47. The Morgan fingerprint density at radius 3 is 2.11 bits per heavy atom. The Labute approximate surface area is 67.6 Å². The van der Waals surface area contributed by atoms with E-state index in [2.05, 4.69) is 0 Å². The van der Waals surface area contributed by atoms with Gasteiger partial charge in [0, 0.05) is 0 Å². The molecule has 1 aromatic rings. The molecule has 1 aromatic carbocycles. The highest BCUT2D eigenvalue weighted by molar-refractivity contribution is 14.1. The molecule has 0 saturated carbocycles. The average Bonchev–Trinajstić information content (AvgIpc) is 1.90. The average molecular weight is 235 g/mol. The van der Waals surface area contributed by atoms with Crippen molar-refractivity contribution < 1.29 is 5.21 Å². The minimum Gasteiger partial charge on any atom is -0.279 e. The fourth-order valence-corrected chi connectivity index (χ4v) is 0.873. The smallest absolute Gasteiger partial charge is 0.0902 e. The first-order chi connectivity index (χ1) is 4.30. The fraction of sp³-hybridized carbons (Fsp3) is 0. The van der Waals surface area contributed by atoms with Crippen LogP contribution >= 0.6 is 22.9 Å². The van der Waals surface area contributed by atoms with Crippen LogP contribution < -0.4 is 3.28 Å². The van der Waals surface area contributed by atoms with Crippen molar-refractivity contribution in [1.29, 1.82) is 0 Å². The molecule has 0 radical (unpaired) electrons. The quantitative estimate of drug-likeness (QED) is 0.458. The van der Waals surface area contributed by atoms with Gasteiger partial charge < -0.3 is 0 Å². The Kier molecular flexibility index (Phi) is 2.29. The summed E-state index contributed by atoms with van der Waals surface area (Å²) in [6.45, 7) is 0. The molecule has 2 nitrogen and oxygen atoms in total. The molecule has 3 heteroatoms. The van der Waals surface area contributed by atoms with Gasteiger partial charge in [0.25, 0.3) is 0 Å². The van der Waals surface area contributed by atoms with Crippen molar-refractivity contribution in [3.05, 3.63) is 30.3 Å². The van der Waals surface area contributed by atoms with Crippen molar-refractivity contribution in [2.45, 2.75) is 0 Å². The predicted octanol–water partition coefficient (Wildman–Crippen LogP) is 2.23. The second-order valence-electron chi connectivity index (χ2n) is 1.60. The predicted molar refractivity (Wildman–Crippen MR) is 44.7 cm³/mol. The molecule has 0 fully saturated rings. The lowest BCUT2D eigenvalue weighted by atomic mass is 10.3. The van der Waals surface area contributed by atoms with Gasteiger partial charge in [-0.15, -0.1) is 0 Å². The zero-order valence-corrected chi connectivity index (χ0v) is 6.82. The number of hydrogen-bond donors (Lipinski definition) is 1. The van der Waals surface area contributed by atoms with Crippen LogP contribution in [0.1, 0.15) is 0 Å². The minimum atomic E-state index is 0.790. The molecule has 9 heavy (non-hydrogen) atoms. The SMILES string of the molecule is ON(I)c1ccccc1. The first kappa shape index (κ1) is 6.82. The van der Waals surface area contributed by atoms with Gasteiger partial charge in [-0.3, -0.25) is 5.21 Å². The molecule has 1 rings (SSSR count). The van der Waals surface area contributed by atoms with Crippen LogP contribution in [0.3, 0.4) is 0 Å². The molecule has 0 aliphatic carbocycles. The highest BCUT2D eigenvalue weighted by Crippen LogP contribution is 2.13. The molecule has 0 spiro atoms. The van der Waals surface area contributed by atoms with Crippen molar-refractivity contribution in [2.75, 3.05) is 3.28 Å². The van der Waals surface area contributed by atoms with Gasteiger partial charge in [0.15, 0.2) is 0 Å². The van der Waals surface area contributed by atoms with Crippen LogP contribution in [0.4, 0.5) is 5.69 Å². The van der Waals surface area contributed by atoms with E-state index in [9.17, 15) is 0 Å². The third-order valence-corrected chi connectivity index (χ3v) is 1.53. The molecular formula is C6H6INO. The summed E-state index contributed by atoms with van der Waals surface area (Å²) in [5, 5.41) is 8.84. The molecule has 1 N–H and O–H groups in total. The highest BCUT2D eigenvalue weighted by atomic mass is 127. The normalized spacial score (nSPS) is 9.11. The number of anilines is 1. The zero-order chi connectivity index (χ0) is 6.69. The van der Waals surface area contributed by atoms with Gasteiger partial charge >= 0.3 is 0 Å². The van der Waals surface area contributed by atoms with Gasteiger partial charge in [-0.2, -0.15) is 3.28 Å². The lowest BCUT2D eigenvalue weighted by Crippen LogP contribution is -1.98. The van der Waals surface area contributed by atoms with Crippen LogP contribution in [0.25, 0.3) is 0 Å². The van der Waals surface area contributed by atoms with Gasteiger partial charge in [0.1, 0.15) is 0 Å². The van der Waals surface area contributed by atoms with Gasteiger partial charge in [0.2, 0.25) is 0 Å². The van der Waals surface area contributed by atoms with E-state index in [1.807, 2.05) is 30.3 Å². The summed E-state index contributed by atoms with van der Waals surface area (Å²) in [6, 6.07) is 9.30. The lowest BCUT2D eigenvalue weighted by Gasteiger charge is -2.04. The molecule has 48 valence electrons. The second-order valence-corrected chi connectivity index (χ2v) is 2.51. The van der Waals surface area contributed by atoms with E-state index >= 15 is 0 Å². The van der Waals surface area contributed by atoms with E-state index in [0.717, 1.165) is 8.96 Å². The Balaban J connectivity index is 2.85. The molecule has 0 saturated heterocycles. The van der Waals surface area contributed by atoms with E-state index in [1.54, 1.807) is 22.9 Å². The summed E-state index contributed by atoms with van der Waals surface area (Å²) in [4.78, 5) is 0. The van der Waals surface area contributed by atoms with E-state index in [1.165, 1.54) is 0 Å². The van der Waals surface area contributed by atoms with E-state index in [-0.39, 0.29) is 0 Å². The summed E-state index contributed by atoms with van der Waals surface area (Å²) in [5.74, 6) is 0. The highest BCUT2D eigenvalue weighted by Gasteiger charge is 1.92. The van der Waals surface area contributed by atoms with E-state index in [0.29, 0.717) is 0 Å². The van der Waals surface area contributed by atoms with Crippen molar-refractivity contribution in [3.8, 4) is 0 Å². The van der Waals surface area contributed by atoms with Gasteiger partial charge in [-0.05, 0) is 12.1 Å². The van der Waals surface area contributed by atoms with Crippen molar-refractivity contribution in [1.82, 2.24) is 0 Å². The summed E-state index contributed by atoms with van der Waals surface area (Å²) < 4.78 is 1.05. The molecule has 0 aromatic heterocycles. The maximum absolute atomic E-state index is 8.84. The Hall–Kier alpha value is -0.290. The van der Waals surface area contributed by atoms with Crippen LogP contribution in [0.5, 0.6) is 0 Å². The standard InChI is InChI=1S/C6H6INO/c7-8(9)6-4-2-1-3-5-6/h1-5,9H. The summed E-state index contributed by atoms with van der Waals surface area (Å²) >= 11 is 1.80. The number of halogens is 1. The van der Waals surface area contributed by atoms with Crippen LogP contribution in [0.15, 0.2) is 30.3 Å². The number of benzene rings is 1. The van der Waals surface area contributed by atoms with Crippen LogP contribution in [-0.2, 0) is 0 Å². The Morgan fingerprint density at radius 2 is 1.78 bits per heavy atom. The van der Waals surface area contributed by atoms with E-state index in [4.69, 9.17) is 5.21 Å². The maximum atomic E-state index is 8.84. The maximum Gasteiger partial charge on any atom is 0.0902 e. The van der Waals surface area contributed by atoms with Crippen molar-refractivity contribution >= 4 is 28.6 Å². The molecule has 0 aliphatic rings. The largest absolute Gasteiger partial charge is 0.279 e. The zero-order valence-electron chi connectivity index (χ0n) is 4.66. The van der Waals surface area contributed by atoms with Crippen molar-refractivity contribution in [3.63, 3.8) is 0 Å². The van der Waals surface area contributed by atoms with E-state index < -0.39 is 0 Å². The fourth-order valence-electron chi connectivity index (χ4n) is 0.551. The third kappa shape index (κ3) is 1.83. The van der Waals surface area contributed by atoms with Gasteiger partial charge in [-0.1, -0.05) is 18.2 Å². The molecule has 0 heterocycles. The second kappa shape index (κ2) is 3.03. The summed E-state index contributed by atoms with van der Waals surface area (Å²) in [7, 11) is 0. The number of hydrogen-bond acceptors (Lipinski definition) is 2.